The third-order valence-corrected chi connectivity index (χ3v) is 11.6. The predicted octanol–water partition coefficient (Wildman–Crippen LogP) is 12.9. The maximum Gasteiger partial charge on any atom is 0.0555 e. The van der Waals surface area contributed by atoms with E-state index in [0.717, 1.165) is 17.1 Å². The van der Waals surface area contributed by atoms with Crippen molar-refractivity contribution in [1.82, 2.24) is 4.57 Å². The lowest BCUT2D eigenvalue weighted by atomic mass is 9.82. The van der Waals surface area contributed by atoms with Crippen LogP contribution in [0.25, 0.3) is 58.8 Å². The zero-order chi connectivity index (χ0) is 32.0. The average molecular weight is 633 g/mol. The first-order valence-electron chi connectivity index (χ1n) is 16.6. The Morgan fingerprint density at radius 2 is 1.10 bits per heavy atom. The lowest BCUT2D eigenvalue weighted by Gasteiger charge is -2.25. The molecule has 0 bridgehead atoms. The Bertz CT molecular complexity index is 2640. The van der Waals surface area contributed by atoms with Gasteiger partial charge in [-0.1, -0.05) is 111 Å². The highest BCUT2D eigenvalue weighted by Gasteiger charge is 2.37. The van der Waals surface area contributed by atoms with Gasteiger partial charge in [-0.25, -0.2) is 0 Å². The second kappa shape index (κ2) is 10.2. The van der Waals surface area contributed by atoms with Crippen LogP contribution in [0.3, 0.4) is 0 Å². The van der Waals surface area contributed by atoms with Crippen molar-refractivity contribution in [3.05, 3.63) is 169 Å². The van der Waals surface area contributed by atoms with Gasteiger partial charge in [-0.3, -0.25) is 0 Å². The van der Waals surface area contributed by atoms with Crippen LogP contribution in [0.5, 0.6) is 0 Å². The molecule has 0 fully saturated rings. The van der Waals surface area contributed by atoms with Gasteiger partial charge in [-0.2, -0.15) is 0 Å². The van der Waals surface area contributed by atoms with Crippen molar-refractivity contribution in [2.75, 3.05) is 4.90 Å². The maximum atomic E-state index is 2.44. The first-order chi connectivity index (χ1) is 23.6. The lowest BCUT2D eigenvalue weighted by Crippen LogP contribution is -2.14. The van der Waals surface area contributed by atoms with Crippen LogP contribution in [-0.2, 0) is 5.41 Å². The third kappa shape index (κ3) is 3.79. The van der Waals surface area contributed by atoms with Crippen LogP contribution < -0.4 is 4.90 Å². The molecule has 228 valence electrons. The maximum absolute atomic E-state index is 2.44. The molecular weight excluding hydrogens is 601 g/mol. The zero-order valence-electron chi connectivity index (χ0n) is 26.8. The van der Waals surface area contributed by atoms with Gasteiger partial charge in [0.15, 0.2) is 0 Å². The molecule has 0 radical (unpaired) electrons. The van der Waals surface area contributed by atoms with Gasteiger partial charge < -0.3 is 9.47 Å². The van der Waals surface area contributed by atoms with Gasteiger partial charge in [0.1, 0.15) is 0 Å². The van der Waals surface area contributed by atoms with Crippen LogP contribution in [0.4, 0.5) is 17.1 Å². The Morgan fingerprint density at radius 3 is 1.83 bits per heavy atom. The Balaban J connectivity index is 1.32. The topological polar surface area (TPSA) is 8.17 Å². The van der Waals surface area contributed by atoms with Gasteiger partial charge in [0.05, 0.1) is 11.0 Å². The van der Waals surface area contributed by atoms with Crippen molar-refractivity contribution in [2.45, 2.75) is 19.3 Å². The molecule has 10 rings (SSSR count). The highest BCUT2D eigenvalue weighted by atomic mass is 32.1. The summed E-state index contributed by atoms with van der Waals surface area (Å²) in [4.78, 5) is 2.36. The molecule has 0 spiro atoms. The minimum Gasteiger partial charge on any atom is -0.310 e. The van der Waals surface area contributed by atoms with Crippen molar-refractivity contribution in [2.24, 2.45) is 0 Å². The predicted molar refractivity (Wildman–Crippen MR) is 206 cm³/mol. The second-order valence-electron chi connectivity index (χ2n) is 13.4. The van der Waals surface area contributed by atoms with Crippen molar-refractivity contribution in [3.63, 3.8) is 0 Å². The number of hydrogen-bond acceptors (Lipinski definition) is 2. The highest BCUT2D eigenvalue weighted by molar-refractivity contribution is 7.27. The number of rotatable bonds is 4. The fourth-order valence-corrected chi connectivity index (χ4v) is 9.58. The van der Waals surface area contributed by atoms with Gasteiger partial charge >= 0.3 is 0 Å². The zero-order valence-corrected chi connectivity index (χ0v) is 27.6. The molecule has 2 nitrogen and oxygen atoms in total. The molecule has 48 heavy (non-hydrogen) atoms. The summed E-state index contributed by atoms with van der Waals surface area (Å²) in [6.07, 6.45) is 0. The van der Waals surface area contributed by atoms with E-state index in [4.69, 9.17) is 0 Å². The van der Waals surface area contributed by atoms with E-state index in [9.17, 15) is 0 Å². The lowest BCUT2D eigenvalue weighted by molar-refractivity contribution is 0.661. The summed E-state index contributed by atoms with van der Waals surface area (Å²) in [6, 6.07) is 57.6. The molecule has 0 unspecified atom stereocenters. The molecule has 1 aliphatic rings. The molecule has 7 aromatic carbocycles. The Labute approximate surface area is 283 Å². The van der Waals surface area contributed by atoms with Gasteiger partial charge in [-0.15, -0.1) is 11.3 Å². The van der Waals surface area contributed by atoms with Crippen molar-refractivity contribution in [3.8, 4) is 16.8 Å². The van der Waals surface area contributed by atoms with Crippen LogP contribution in [0.1, 0.15) is 25.0 Å². The summed E-state index contributed by atoms with van der Waals surface area (Å²) < 4.78 is 5.18. The molecule has 0 saturated carbocycles. The molecule has 0 amide bonds. The summed E-state index contributed by atoms with van der Waals surface area (Å²) in [5.74, 6) is 0. The number of aromatic nitrogens is 1. The molecule has 3 heteroatoms. The smallest absolute Gasteiger partial charge is 0.0555 e. The molecule has 0 aliphatic heterocycles. The molecule has 0 N–H and O–H groups in total. The van der Waals surface area contributed by atoms with Gasteiger partial charge in [0, 0.05) is 64.7 Å². The fraction of sp³-hybridized carbons (Fsp3) is 0.0667. The first kappa shape index (κ1) is 27.5. The quantitative estimate of drug-likeness (QED) is 0.187. The Morgan fingerprint density at radius 1 is 0.500 bits per heavy atom. The summed E-state index contributed by atoms with van der Waals surface area (Å²) in [7, 11) is 0. The van der Waals surface area contributed by atoms with E-state index in [1.165, 1.54) is 69.9 Å². The molecular formula is C45H32N2S. The van der Waals surface area contributed by atoms with E-state index in [2.05, 4.69) is 181 Å². The number of para-hydroxylation sites is 3. The third-order valence-electron chi connectivity index (χ3n) is 10.4. The van der Waals surface area contributed by atoms with Crippen molar-refractivity contribution >= 4 is 70.4 Å². The molecule has 1 aliphatic carbocycles. The molecule has 9 aromatic rings. The summed E-state index contributed by atoms with van der Waals surface area (Å²) in [5, 5.41) is 5.25. The summed E-state index contributed by atoms with van der Waals surface area (Å²) >= 11 is 1.96. The number of hydrogen-bond donors (Lipinski definition) is 0. The fourth-order valence-electron chi connectivity index (χ4n) is 8.16. The van der Waals surface area contributed by atoms with E-state index in [1.807, 2.05) is 11.3 Å². The van der Waals surface area contributed by atoms with Crippen LogP contribution in [0, 0.1) is 0 Å². The van der Waals surface area contributed by atoms with Crippen molar-refractivity contribution in [1.29, 1.82) is 0 Å². The number of nitrogens with zero attached hydrogens (tertiary/aromatic N) is 2. The van der Waals surface area contributed by atoms with E-state index in [0.29, 0.717) is 0 Å². The normalized spacial score (nSPS) is 13.4. The van der Waals surface area contributed by atoms with Gasteiger partial charge in [0.2, 0.25) is 0 Å². The Hall–Kier alpha value is -5.64. The first-order valence-corrected chi connectivity index (χ1v) is 17.4. The summed E-state index contributed by atoms with van der Waals surface area (Å²) in [5.41, 5.74) is 12.6. The number of fused-ring (bicyclic) bond motifs is 11. The molecule has 0 saturated heterocycles. The minimum atomic E-state index is -0.0256. The molecule has 2 aromatic heterocycles. The van der Waals surface area contributed by atoms with Gasteiger partial charge in [-0.05, 0) is 77.4 Å². The largest absolute Gasteiger partial charge is 0.310 e. The van der Waals surface area contributed by atoms with Crippen LogP contribution in [0.15, 0.2) is 158 Å². The van der Waals surface area contributed by atoms with Crippen LogP contribution in [0.2, 0.25) is 0 Å². The average Bonchev–Trinajstić information content (AvgIpc) is 3.75. The van der Waals surface area contributed by atoms with Crippen LogP contribution >= 0.6 is 11.3 Å². The second-order valence-corrected chi connectivity index (χ2v) is 14.4. The van der Waals surface area contributed by atoms with E-state index < -0.39 is 0 Å². The SMILES string of the molecule is CC1(C)c2ccccc2-c2c1ccc1c2sc2c1ccc1c2c2cc(N(c3ccccc3)c3ccccc3)ccc2n1-c1ccccc1. The molecule has 0 atom stereocenters. The standard InChI is InChI=1S/C45H32N2S/c1-45(2)37-21-13-12-20-35(37)41-38(45)25-23-33-34-24-27-40-42(44(34)48-43(33)41)36-28-32(22-26-39(36)47(40)31-18-10-5-11-19-31)46(29-14-6-3-7-15-29)30-16-8-4-9-17-30/h3-28H,1-2H3. The van der Waals surface area contributed by atoms with Crippen molar-refractivity contribution < 1.29 is 0 Å². The van der Waals surface area contributed by atoms with Crippen LogP contribution in [-0.4, -0.2) is 4.57 Å². The highest BCUT2D eigenvalue weighted by Crippen LogP contribution is 2.55. The number of anilines is 3. The number of thiophene rings is 1. The van der Waals surface area contributed by atoms with E-state index in [-0.39, 0.29) is 5.41 Å². The van der Waals surface area contributed by atoms with Gasteiger partial charge in [0.25, 0.3) is 0 Å². The monoisotopic (exact) mass is 632 g/mol. The molecule has 2 heterocycles. The van der Waals surface area contributed by atoms with E-state index >= 15 is 0 Å². The van der Waals surface area contributed by atoms with E-state index in [1.54, 1.807) is 0 Å². The minimum absolute atomic E-state index is 0.0256. The summed E-state index contributed by atoms with van der Waals surface area (Å²) in [6.45, 7) is 4.74. The Kier molecular flexibility index (Phi) is 5.82. The number of benzene rings is 7.